The third-order valence-corrected chi connectivity index (χ3v) is 5.19. The summed E-state index contributed by atoms with van der Waals surface area (Å²) < 4.78 is 35.0. The average molecular weight is 321 g/mol. The quantitative estimate of drug-likeness (QED) is 0.739. The van der Waals surface area contributed by atoms with Gasteiger partial charge in [0.1, 0.15) is 10.6 Å². The number of nitrogens with zero attached hydrogens (tertiary/aromatic N) is 1. The molecule has 0 aliphatic heterocycles. The molecule has 0 bridgehead atoms. The van der Waals surface area contributed by atoms with Crippen LogP contribution >= 0.6 is 0 Å². The molecule has 0 spiro atoms. The molecule has 1 aromatic heterocycles. The van der Waals surface area contributed by atoms with Crippen LogP contribution in [-0.2, 0) is 27.9 Å². The van der Waals surface area contributed by atoms with E-state index in [0.717, 1.165) is 0 Å². The number of nitrogens with one attached hydrogen (secondary N) is 1. The van der Waals surface area contributed by atoms with Crippen LogP contribution in [0.15, 0.2) is 17.2 Å². The minimum Gasteiger partial charge on any atom is -0.351 e. The Morgan fingerprint density at radius 2 is 2.15 bits per heavy atom. The molecule has 1 rings (SSSR count). The number of sulfonamides is 1. The number of nitrogens with two attached hydrogens (primary N) is 1. The van der Waals surface area contributed by atoms with Gasteiger partial charge in [-0.25, -0.2) is 13.6 Å². The van der Waals surface area contributed by atoms with Gasteiger partial charge in [0.25, 0.3) is 5.91 Å². The number of primary sulfonamides is 1. The Morgan fingerprint density at radius 3 is 2.60 bits per heavy atom. The van der Waals surface area contributed by atoms with Gasteiger partial charge in [-0.2, -0.15) is 0 Å². The van der Waals surface area contributed by atoms with Crippen molar-refractivity contribution in [3.8, 4) is 0 Å². The van der Waals surface area contributed by atoms with Crippen molar-refractivity contribution in [2.45, 2.75) is 23.5 Å². The zero-order valence-corrected chi connectivity index (χ0v) is 13.3. The lowest BCUT2D eigenvalue weighted by atomic mass is 10.3. The van der Waals surface area contributed by atoms with E-state index in [1.807, 2.05) is 6.92 Å². The van der Waals surface area contributed by atoms with Crippen LogP contribution in [-0.4, -0.2) is 41.2 Å². The first-order chi connectivity index (χ1) is 9.12. The molecule has 2 unspecified atom stereocenters. The van der Waals surface area contributed by atoms with Crippen molar-refractivity contribution in [2.24, 2.45) is 12.2 Å². The molecule has 0 saturated carbocycles. The lowest BCUT2D eigenvalue weighted by Crippen LogP contribution is -2.28. The van der Waals surface area contributed by atoms with Crippen LogP contribution in [0.4, 0.5) is 0 Å². The molecule has 0 aliphatic rings. The second kappa shape index (κ2) is 6.51. The predicted molar refractivity (Wildman–Crippen MR) is 77.3 cm³/mol. The molecular formula is C11H19N3O4S2. The standard InChI is InChI=1S/C11H19N3O4S2/c1-8(19(3)16)4-5-13-11(15)10-6-9(7-14(10)2)20(12,17)18/h6-8H,4-5H2,1-3H3,(H,13,15)(H2,12,17,18). The Hall–Kier alpha value is -1.19. The van der Waals surface area contributed by atoms with Crippen molar-refractivity contribution in [3.63, 3.8) is 0 Å². The summed E-state index contributed by atoms with van der Waals surface area (Å²) in [7, 11) is -3.20. The normalized spacial score (nSPS) is 14.8. The minimum atomic E-state index is -3.82. The fourth-order valence-electron chi connectivity index (χ4n) is 1.56. The molecule has 20 heavy (non-hydrogen) atoms. The van der Waals surface area contributed by atoms with Crippen LogP contribution in [0.25, 0.3) is 0 Å². The van der Waals surface area contributed by atoms with Crippen molar-refractivity contribution in [2.75, 3.05) is 12.8 Å². The van der Waals surface area contributed by atoms with Gasteiger partial charge in [0.2, 0.25) is 10.0 Å². The molecule has 7 nitrogen and oxygen atoms in total. The summed E-state index contributed by atoms with van der Waals surface area (Å²) in [5.41, 5.74) is 0.208. The number of amides is 1. The Kier molecular flexibility index (Phi) is 5.49. The summed E-state index contributed by atoms with van der Waals surface area (Å²) in [4.78, 5) is 11.8. The molecule has 114 valence electrons. The molecule has 1 heterocycles. The first kappa shape index (κ1) is 16.9. The molecule has 3 N–H and O–H groups in total. The largest absolute Gasteiger partial charge is 0.351 e. The minimum absolute atomic E-state index is 0.0105. The van der Waals surface area contributed by atoms with Crippen molar-refractivity contribution in [3.05, 3.63) is 18.0 Å². The number of hydrogen-bond acceptors (Lipinski definition) is 4. The third kappa shape index (κ3) is 4.43. The van der Waals surface area contributed by atoms with Gasteiger partial charge < -0.3 is 9.88 Å². The van der Waals surface area contributed by atoms with E-state index < -0.39 is 26.7 Å². The summed E-state index contributed by atoms with van der Waals surface area (Å²) in [5, 5.41) is 7.66. The maximum absolute atomic E-state index is 11.9. The first-order valence-electron chi connectivity index (χ1n) is 5.92. The van der Waals surface area contributed by atoms with Gasteiger partial charge >= 0.3 is 0 Å². The molecule has 2 atom stereocenters. The van der Waals surface area contributed by atoms with Gasteiger partial charge in [0, 0.05) is 42.1 Å². The third-order valence-electron chi connectivity index (χ3n) is 2.94. The van der Waals surface area contributed by atoms with E-state index in [1.54, 1.807) is 13.3 Å². The summed E-state index contributed by atoms with van der Waals surface area (Å²) in [6, 6.07) is 1.23. The van der Waals surface area contributed by atoms with Gasteiger partial charge in [-0.1, -0.05) is 6.92 Å². The molecule has 0 fully saturated rings. The average Bonchev–Trinajstić information content (AvgIpc) is 2.70. The fourth-order valence-corrected chi connectivity index (χ4v) is 2.59. The summed E-state index contributed by atoms with van der Waals surface area (Å²) in [6.45, 7) is 2.21. The highest BCUT2D eigenvalue weighted by molar-refractivity contribution is 7.89. The number of carbonyl (C=O) groups is 1. The molecule has 0 aromatic carbocycles. The van der Waals surface area contributed by atoms with Crippen LogP contribution in [0.2, 0.25) is 0 Å². The van der Waals surface area contributed by atoms with E-state index in [0.29, 0.717) is 13.0 Å². The predicted octanol–water partition coefficient (Wildman–Crippen LogP) is -0.441. The zero-order valence-electron chi connectivity index (χ0n) is 11.6. The second-order valence-electron chi connectivity index (χ2n) is 4.57. The number of rotatable bonds is 6. The van der Waals surface area contributed by atoms with Gasteiger partial charge in [0.05, 0.1) is 0 Å². The van der Waals surface area contributed by atoms with Crippen molar-refractivity contribution >= 4 is 26.7 Å². The number of aromatic nitrogens is 1. The Balaban J connectivity index is 2.69. The van der Waals surface area contributed by atoms with Crippen LogP contribution in [0, 0.1) is 0 Å². The Bertz CT molecular complexity index is 622. The second-order valence-corrected chi connectivity index (χ2v) is 7.93. The monoisotopic (exact) mass is 321 g/mol. The van der Waals surface area contributed by atoms with Crippen LogP contribution < -0.4 is 10.5 Å². The highest BCUT2D eigenvalue weighted by Crippen LogP contribution is 2.11. The first-order valence-corrected chi connectivity index (χ1v) is 9.09. The van der Waals surface area contributed by atoms with Crippen molar-refractivity contribution < 1.29 is 17.4 Å². The Morgan fingerprint density at radius 1 is 1.55 bits per heavy atom. The molecule has 1 amide bonds. The molecule has 0 radical (unpaired) electrons. The van der Waals surface area contributed by atoms with Crippen molar-refractivity contribution in [1.29, 1.82) is 0 Å². The number of carbonyl (C=O) groups excluding carboxylic acids is 1. The topological polar surface area (TPSA) is 111 Å². The van der Waals surface area contributed by atoms with Gasteiger partial charge in [-0.3, -0.25) is 9.00 Å². The van der Waals surface area contributed by atoms with Crippen molar-refractivity contribution in [1.82, 2.24) is 9.88 Å². The molecule has 1 aromatic rings. The lowest BCUT2D eigenvalue weighted by Gasteiger charge is -2.09. The highest BCUT2D eigenvalue weighted by atomic mass is 32.2. The number of hydrogen-bond donors (Lipinski definition) is 2. The van der Waals surface area contributed by atoms with E-state index in [1.165, 1.54) is 16.8 Å². The van der Waals surface area contributed by atoms with Gasteiger partial charge in [0.15, 0.2) is 0 Å². The zero-order chi connectivity index (χ0) is 15.5. The van der Waals surface area contributed by atoms with E-state index in [4.69, 9.17) is 5.14 Å². The smallest absolute Gasteiger partial charge is 0.267 e. The molecule has 0 saturated heterocycles. The maximum atomic E-state index is 11.9. The van der Waals surface area contributed by atoms with E-state index in [9.17, 15) is 17.4 Å². The maximum Gasteiger partial charge on any atom is 0.267 e. The van der Waals surface area contributed by atoms with E-state index in [-0.39, 0.29) is 15.8 Å². The fraction of sp³-hybridized carbons (Fsp3) is 0.545. The van der Waals surface area contributed by atoms with Gasteiger partial charge in [-0.15, -0.1) is 0 Å². The molecule has 0 aliphatic carbocycles. The SMILES string of the molecule is CC(CCNC(=O)c1cc(S(N)(=O)=O)cn1C)S(C)=O. The molecule has 9 heteroatoms. The Labute approximate surface area is 121 Å². The summed E-state index contributed by atoms with van der Waals surface area (Å²) in [6.07, 6.45) is 3.48. The van der Waals surface area contributed by atoms with E-state index >= 15 is 0 Å². The summed E-state index contributed by atoms with van der Waals surface area (Å²) >= 11 is 0. The van der Waals surface area contributed by atoms with Crippen LogP contribution in [0.3, 0.4) is 0 Å². The lowest BCUT2D eigenvalue weighted by molar-refractivity contribution is 0.0945. The molecular weight excluding hydrogens is 302 g/mol. The summed E-state index contributed by atoms with van der Waals surface area (Å²) in [5.74, 6) is -0.392. The number of aryl methyl sites for hydroxylation is 1. The van der Waals surface area contributed by atoms with Crippen LogP contribution in [0.1, 0.15) is 23.8 Å². The van der Waals surface area contributed by atoms with Gasteiger partial charge in [-0.05, 0) is 12.5 Å². The highest BCUT2D eigenvalue weighted by Gasteiger charge is 2.17. The van der Waals surface area contributed by atoms with Crippen LogP contribution in [0.5, 0.6) is 0 Å². The van der Waals surface area contributed by atoms with E-state index in [2.05, 4.69) is 5.32 Å².